The number of aromatic nitrogens is 3. The highest BCUT2D eigenvalue weighted by Crippen LogP contribution is 2.26. The van der Waals surface area contributed by atoms with Crippen molar-refractivity contribution in [2.24, 2.45) is 11.7 Å². The molecule has 0 spiro atoms. The summed E-state index contributed by atoms with van der Waals surface area (Å²) in [7, 11) is 0. The summed E-state index contributed by atoms with van der Waals surface area (Å²) >= 11 is 5.99. The molecule has 0 aliphatic rings. The van der Waals surface area contributed by atoms with E-state index in [2.05, 4.69) is 15.1 Å². The first-order valence-corrected chi connectivity index (χ1v) is 5.66. The zero-order valence-corrected chi connectivity index (χ0v) is 10.3. The fourth-order valence-corrected chi connectivity index (χ4v) is 1.53. The Labute approximate surface area is 104 Å². The molecule has 2 aromatic heterocycles. The molecule has 0 saturated heterocycles. The predicted octanol–water partition coefficient (Wildman–Crippen LogP) is 2.44. The van der Waals surface area contributed by atoms with Crippen molar-refractivity contribution in [1.82, 2.24) is 15.1 Å². The maximum Gasteiger partial charge on any atom is 0.259 e. The molecule has 90 valence electrons. The van der Waals surface area contributed by atoms with Crippen LogP contribution in [0.3, 0.4) is 0 Å². The molecule has 1 unspecified atom stereocenters. The van der Waals surface area contributed by atoms with Crippen LogP contribution in [0.4, 0.5) is 0 Å². The van der Waals surface area contributed by atoms with Crippen LogP contribution in [0.15, 0.2) is 23.0 Å². The second kappa shape index (κ2) is 4.81. The van der Waals surface area contributed by atoms with Crippen molar-refractivity contribution in [2.75, 3.05) is 0 Å². The van der Waals surface area contributed by atoms with Crippen molar-refractivity contribution in [3.8, 4) is 11.5 Å². The first-order valence-electron chi connectivity index (χ1n) is 5.28. The molecule has 0 aliphatic carbocycles. The minimum absolute atomic E-state index is 0.242. The molecule has 0 radical (unpaired) electrons. The molecule has 0 amide bonds. The predicted molar refractivity (Wildman–Crippen MR) is 64.3 cm³/mol. The van der Waals surface area contributed by atoms with Gasteiger partial charge >= 0.3 is 0 Å². The summed E-state index contributed by atoms with van der Waals surface area (Å²) in [5, 5.41) is 4.34. The van der Waals surface area contributed by atoms with Crippen LogP contribution >= 0.6 is 11.6 Å². The van der Waals surface area contributed by atoms with Crippen LogP contribution in [-0.2, 0) is 0 Å². The number of nitrogens with two attached hydrogens (primary N) is 1. The van der Waals surface area contributed by atoms with E-state index >= 15 is 0 Å². The molecule has 1 atom stereocenters. The molecular formula is C11H13ClN4O. The summed E-state index contributed by atoms with van der Waals surface area (Å²) in [5.74, 6) is 1.10. The average molecular weight is 253 g/mol. The second-order valence-corrected chi connectivity index (χ2v) is 4.49. The van der Waals surface area contributed by atoms with Crippen LogP contribution < -0.4 is 5.73 Å². The number of halogens is 1. The van der Waals surface area contributed by atoms with Gasteiger partial charge in [0.1, 0.15) is 0 Å². The fraction of sp³-hybridized carbons (Fsp3) is 0.364. The second-order valence-electron chi connectivity index (χ2n) is 4.08. The molecule has 2 N–H and O–H groups in total. The van der Waals surface area contributed by atoms with Gasteiger partial charge < -0.3 is 10.3 Å². The van der Waals surface area contributed by atoms with Gasteiger partial charge in [0, 0.05) is 12.4 Å². The highest BCUT2D eigenvalue weighted by atomic mass is 35.5. The summed E-state index contributed by atoms with van der Waals surface area (Å²) in [4.78, 5) is 8.14. The van der Waals surface area contributed by atoms with E-state index in [0.717, 1.165) is 0 Å². The third-order valence-corrected chi connectivity index (χ3v) is 2.76. The van der Waals surface area contributed by atoms with Gasteiger partial charge in [0.2, 0.25) is 0 Å². The molecule has 5 nitrogen and oxygen atoms in total. The Balaban J connectivity index is 2.34. The van der Waals surface area contributed by atoms with Crippen molar-refractivity contribution in [1.29, 1.82) is 0 Å². The fourth-order valence-electron chi connectivity index (χ4n) is 1.33. The topological polar surface area (TPSA) is 77.8 Å². The SMILES string of the molecule is CC(C)C(N)c1noc(-c2ccncc2Cl)n1. The minimum Gasteiger partial charge on any atom is -0.334 e. The Bertz CT molecular complexity index is 512. The quantitative estimate of drug-likeness (QED) is 0.908. The number of nitrogens with zero attached hydrogens (tertiary/aromatic N) is 3. The van der Waals surface area contributed by atoms with Crippen molar-refractivity contribution >= 4 is 11.6 Å². The van der Waals surface area contributed by atoms with E-state index in [1.807, 2.05) is 13.8 Å². The zero-order valence-electron chi connectivity index (χ0n) is 9.59. The minimum atomic E-state index is -0.242. The lowest BCUT2D eigenvalue weighted by Gasteiger charge is -2.09. The molecular weight excluding hydrogens is 240 g/mol. The summed E-state index contributed by atoms with van der Waals surface area (Å²) in [6, 6.07) is 1.48. The molecule has 2 rings (SSSR count). The van der Waals surface area contributed by atoms with E-state index in [-0.39, 0.29) is 12.0 Å². The molecule has 2 aromatic rings. The van der Waals surface area contributed by atoms with E-state index in [0.29, 0.717) is 22.3 Å². The summed E-state index contributed by atoms with van der Waals surface area (Å²) < 4.78 is 5.15. The van der Waals surface area contributed by atoms with Crippen LogP contribution in [0.5, 0.6) is 0 Å². The van der Waals surface area contributed by atoms with Crippen molar-refractivity contribution in [2.45, 2.75) is 19.9 Å². The van der Waals surface area contributed by atoms with Crippen LogP contribution in [0.1, 0.15) is 25.7 Å². The Kier molecular flexibility index (Phi) is 3.40. The van der Waals surface area contributed by atoms with Gasteiger partial charge in [0.25, 0.3) is 5.89 Å². The number of rotatable bonds is 3. The van der Waals surface area contributed by atoms with Gasteiger partial charge in [-0.2, -0.15) is 4.98 Å². The van der Waals surface area contributed by atoms with E-state index in [4.69, 9.17) is 21.9 Å². The molecule has 2 heterocycles. The van der Waals surface area contributed by atoms with Gasteiger partial charge in [-0.15, -0.1) is 0 Å². The molecule has 0 saturated carbocycles. The van der Waals surface area contributed by atoms with Gasteiger partial charge in [-0.3, -0.25) is 4.98 Å². The lowest BCUT2D eigenvalue weighted by Crippen LogP contribution is -2.18. The van der Waals surface area contributed by atoms with E-state index in [1.54, 1.807) is 12.3 Å². The molecule has 6 heteroatoms. The molecule has 0 aliphatic heterocycles. The van der Waals surface area contributed by atoms with Crippen LogP contribution in [0.25, 0.3) is 11.5 Å². The largest absolute Gasteiger partial charge is 0.334 e. The Morgan fingerprint density at radius 1 is 1.41 bits per heavy atom. The van der Waals surface area contributed by atoms with Crippen molar-refractivity contribution in [3.63, 3.8) is 0 Å². The lowest BCUT2D eigenvalue weighted by molar-refractivity contribution is 0.400. The number of hydrogen-bond donors (Lipinski definition) is 1. The Morgan fingerprint density at radius 3 is 2.82 bits per heavy atom. The van der Waals surface area contributed by atoms with E-state index in [9.17, 15) is 0 Å². The normalized spacial score (nSPS) is 13.0. The van der Waals surface area contributed by atoms with Gasteiger partial charge in [0.15, 0.2) is 5.82 Å². The average Bonchev–Trinajstić information content (AvgIpc) is 2.77. The monoisotopic (exact) mass is 252 g/mol. The Morgan fingerprint density at radius 2 is 2.18 bits per heavy atom. The molecule has 0 aromatic carbocycles. The van der Waals surface area contributed by atoms with E-state index < -0.39 is 0 Å². The summed E-state index contributed by atoms with van der Waals surface area (Å²) in [6.45, 7) is 4.00. The first kappa shape index (κ1) is 12.0. The maximum atomic E-state index is 5.99. The lowest BCUT2D eigenvalue weighted by atomic mass is 10.1. The molecule has 17 heavy (non-hydrogen) atoms. The highest BCUT2D eigenvalue weighted by molar-refractivity contribution is 6.32. The maximum absolute atomic E-state index is 5.99. The van der Waals surface area contributed by atoms with Crippen LogP contribution in [-0.4, -0.2) is 15.1 Å². The van der Waals surface area contributed by atoms with Crippen LogP contribution in [0.2, 0.25) is 5.02 Å². The summed E-state index contributed by atoms with van der Waals surface area (Å²) in [6.07, 6.45) is 3.15. The smallest absolute Gasteiger partial charge is 0.259 e. The van der Waals surface area contributed by atoms with Crippen molar-refractivity contribution in [3.05, 3.63) is 29.3 Å². The third-order valence-electron chi connectivity index (χ3n) is 2.46. The number of pyridine rings is 1. The van der Waals surface area contributed by atoms with Crippen molar-refractivity contribution < 1.29 is 4.52 Å². The molecule has 0 fully saturated rings. The molecule has 0 bridgehead atoms. The van der Waals surface area contributed by atoms with Gasteiger partial charge in [-0.25, -0.2) is 0 Å². The standard InChI is InChI=1S/C11H13ClN4O/c1-6(2)9(13)10-15-11(17-16-10)7-3-4-14-5-8(7)12/h3-6,9H,13H2,1-2H3. The van der Waals surface area contributed by atoms with E-state index in [1.165, 1.54) is 6.20 Å². The van der Waals surface area contributed by atoms with Gasteiger partial charge in [0.05, 0.1) is 16.6 Å². The Hall–Kier alpha value is -1.46. The van der Waals surface area contributed by atoms with Gasteiger partial charge in [-0.1, -0.05) is 30.6 Å². The van der Waals surface area contributed by atoms with Crippen LogP contribution in [0, 0.1) is 5.92 Å². The number of hydrogen-bond acceptors (Lipinski definition) is 5. The zero-order chi connectivity index (χ0) is 12.4. The first-order chi connectivity index (χ1) is 8.09. The summed E-state index contributed by atoms with van der Waals surface area (Å²) in [5.41, 5.74) is 6.60. The highest BCUT2D eigenvalue weighted by Gasteiger charge is 2.19. The van der Waals surface area contributed by atoms with Gasteiger partial charge in [-0.05, 0) is 12.0 Å². The third kappa shape index (κ3) is 2.45.